The molecule has 0 radical (unpaired) electrons. The topological polar surface area (TPSA) is 52.7 Å². The molecule has 5 nitrogen and oxygen atoms in total. The lowest BCUT2D eigenvalue weighted by atomic mass is 9.94. The molecule has 2 atom stereocenters. The fourth-order valence-electron chi connectivity index (χ4n) is 4.42. The van der Waals surface area contributed by atoms with Crippen molar-refractivity contribution in [2.75, 3.05) is 18.0 Å². The number of carbonyl (C=O) groups is 2. The van der Waals surface area contributed by atoms with Crippen LogP contribution in [0.15, 0.2) is 24.3 Å². The molecule has 6 heteroatoms. The summed E-state index contributed by atoms with van der Waals surface area (Å²) in [5.41, 5.74) is 0.702. The number of benzene rings is 1. The predicted octanol–water partition coefficient (Wildman–Crippen LogP) is 2.31. The number of carbonyl (C=O) groups excluding carboxylic acids is 2. The Morgan fingerprint density at radius 3 is 2.76 bits per heavy atom. The SMILES string of the molecule is CC(=O)NCC(=O)N1CCC[C@H]2[C@@H]1CC(C)(C)N2c1cccc(F)c1. The van der Waals surface area contributed by atoms with Gasteiger partial charge in [0.05, 0.1) is 18.6 Å². The lowest BCUT2D eigenvalue weighted by Crippen LogP contribution is -2.54. The molecule has 2 aliphatic rings. The van der Waals surface area contributed by atoms with Crippen LogP contribution in [0.1, 0.15) is 40.0 Å². The van der Waals surface area contributed by atoms with E-state index >= 15 is 0 Å². The van der Waals surface area contributed by atoms with Crippen molar-refractivity contribution in [1.29, 1.82) is 0 Å². The van der Waals surface area contributed by atoms with E-state index < -0.39 is 0 Å². The van der Waals surface area contributed by atoms with Crippen LogP contribution in [0.25, 0.3) is 0 Å². The Balaban J connectivity index is 1.85. The monoisotopic (exact) mass is 347 g/mol. The minimum absolute atomic E-state index is 0.0400. The highest BCUT2D eigenvalue weighted by molar-refractivity contribution is 5.84. The number of nitrogens with one attached hydrogen (secondary N) is 1. The van der Waals surface area contributed by atoms with Crippen LogP contribution in [0.2, 0.25) is 0 Å². The predicted molar refractivity (Wildman–Crippen MR) is 94.8 cm³/mol. The second-order valence-electron chi connectivity index (χ2n) is 7.64. The van der Waals surface area contributed by atoms with Crippen LogP contribution in [0.5, 0.6) is 0 Å². The van der Waals surface area contributed by atoms with E-state index in [0.29, 0.717) is 6.54 Å². The summed E-state index contributed by atoms with van der Waals surface area (Å²) in [4.78, 5) is 27.9. The first kappa shape index (κ1) is 17.7. The van der Waals surface area contributed by atoms with Gasteiger partial charge in [-0.2, -0.15) is 0 Å². The third-order valence-electron chi connectivity index (χ3n) is 5.33. The highest BCUT2D eigenvalue weighted by atomic mass is 19.1. The molecule has 1 aromatic rings. The number of likely N-dealkylation sites (tertiary alicyclic amines) is 1. The molecule has 0 saturated carbocycles. The molecule has 0 spiro atoms. The highest BCUT2D eigenvalue weighted by Crippen LogP contribution is 2.43. The molecular formula is C19H26FN3O2. The Morgan fingerprint density at radius 2 is 2.08 bits per heavy atom. The molecule has 3 rings (SSSR count). The average molecular weight is 347 g/mol. The second-order valence-corrected chi connectivity index (χ2v) is 7.64. The maximum atomic E-state index is 13.7. The third-order valence-corrected chi connectivity index (χ3v) is 5.33. The molecule has 0 unspecified atom stereocenters. The van der Waals surface area contributed by atoms with Crippen molar-refractivity contribution >= 4 is 17.5 Å². The maximum absolute atomic E-state index is 13.7. The molecule has 0 aliphatic carbocycles. The Morgan fingerprint density at radius 1 is 1.32 bits per heavy atom. The van der Waals surface area contributed by atoms with Gasteiger partial charge in [0.25, 0.3) is 0 Å². The van der Waals surface area contributed by atoms with Gasteiger partial charge >= 0.3 is 0 Å². The zero-order valence-corrected chi connectivity index (χ0v) is 15.1. The van der Waals surface area contributed by atoms with E-state index in [4.69, 9.17) is 0 Å². The largest absolute Gasteiger partial charge is 0.361 e. The van der Waals surface area contributed by atoms with Crippen LogP contribution in [-0.2, 0) is 9.59 Å². The summed E-state index contributed by atoms with van der Waals surface area (Å²) in [6.07, 6.45) is 2.73. The van der Waals surface area contributed by atoms with Crippen molar-refractivity contribution in [2.24, 2.45) is 0 Å². The zero-order valence-electron chi connectivity index (χ0n) is 15.1. The first-order valence-corrected chi connectivity index (χ1v) is 8.88. The molecule has 2 aliphatic heterocycles. The molecule has 136 valence electrons. The Hall–Kier alpha value is -2.11. The number of amides is 2. The van der Waals surface area contributed by atoms with Gasteiger partial charge in [-0.15, -0.1) is 0 Å². The fraction of sp³-hybridized carbons (Fsp3) is 0.579. The van der Waals surface area contributed by atoms with Gasteiger partial charge in [0.1, 0.15) is 5.82 Å². The van der Waals surface area contributed by atoms with Crippen LogP contribution in [-0.4, -0.2) is 47.4 Å². The first-order chi connectivity index (χ1) is 11.8. The van der Waals surface area contributed by atoms with E-state index in [0.717, 1.165) is 24.9 Å². The summed E-state index contributed by atoms with van der Waals surface area (Å²) in [7, 11) is 0. The summed E-state index contributed by atoms with van der Waals surface area (Å²) < 4.78 is 13.7. The van der Waals surface area contributed by atoms with Crippen molar-refractivity contribution in [3.05, 3.63) is 30.1 Å². The fourth-order valence-corrected chi connectivity index (χ4v) is 4.42. The summed E-state index contributed by atoms with van der Waals surface area (Å²) in [6.45, 7) is 6.46. The van der Waals surface area contributed by atoms with Gasteiger partial charge in [-0.25, -0.2) is 4.39 Å². The van der Waals surface area contributed by atoms with Crippen molar-refractivity contribution in [2.45, 2.75) is 57.7 Å². The van der Waals surface area contributed by atoms with Crippen molar-refractivity contribution < 1.29 is 14.0 Å². The number of piperidine rings is 1. The number of anilines is 1. The van der Waals surface area contributed by atoms with E-state index in [1.165, 1.54) is 13.0 Å². The Labute approximate surface area is 148 Å². The Bertz CT molecular complexity index is 676. The minimum atomic E-state index is -0.244. The molecule has 1 N–H and O–H groups in total. The normalized spacial score (nSPS) is 24.8. The Kier molecular flexibility index (Phi) is 4.71. The van der Waals surface area contributed by atoms with E-state index in [1.54, 1.807) is 12.1 Å². The number of nitrogens with zero attached hydrogens (tertiary/aromatic N) is 2. The van der Waals surface area contributed by atoms with Gasteiger partial charge < -0.3 is 15.1 Å². The third kappa shape index (κ3) is 3.48. The van der Waals surface area contributed by atoms with Gasteiger partial charge in [0.2, 0.25) is 11.8 Å². The molecule has 2 saturated heterocycles. The van der Waals surface area contributed by atoms with Crippen molar-refractivity contribution in [3.8, 4) is 0 Å². The first-order valence-electron chi connectivity index (χ1n) is 8.88. The molecule has 25 heavy (non-hydrogen) atoms. The number of fused-ring (bicyclic) bond motifs is 1. The second kappa shape index (κ2) is 6.65. The molecule has 2 heterocycles. The van der Waals surface area contributed by atoms with Crippen molar-refractivity contribution in [1.82, 2.24) is 10.2 Å². The number of halogens is 1. The van der Waals surface area contributed by atoms with Gasteiger partial charge in [0.15, 0.2) is 0 Å². The molecular weight excluding hydrogens is 321 g/mol. The summed E-state index contributed by atoms with van der Waals surface area (Å²) in [5, 5.41) is 2.60. The van der Waals surface area contributed by atoms with Gasteiger partial charge in [-0.05, 0) is 51.3 Å². The summed E-state index contributed by atoms with van der Waals surface area (Å²) >= 11 is 0. The van der Waals surface area contributed by atoms with Gasteiger partial charge in [0, 0.05) is 24.7 Å². The number of rotatable bonds is 3. The zero-order chi connectivity index (χ0) is 18.2. The molecule has 2 amide bonds. The van der Waals surface area contributed by atoms with E-state index in [9.17, 15) is 14.0 Å². The van der Waals surface area contributed by atoms with Gasteiger partial charge in [-0.1, -0.05) is 6.07 Å². The molecule has 0 aromatic heterocycles. The lowest BCUT2D eigenvalue weighted by molar-refractivity contribution is -0.135. The lowest BCUT2D eigenvalue weighted by Gasteiger charge is -2.42. The molecule has 1 aromatic carbocycles. The summed E-state index contributed by atoms with van der Waals surface area (Å²) in [6, 6.07) is 6.96. The summed E-state index contributed by atoms with van der Waals surface area (Å²) in [5.74, 6) is -0.483. The van der Waals surface area contributed by atoms with E-state index in [1.807, 2.05) is 11.0 Å². The number of hydrogen-bond donors (Lipinski definition) is 1. The van der Waals surface area contributed by atoms with Crippen LogP contribution >= 0.6 is 0 Å². The minimum Gasteiger partial charge on any atom is -0.361 e. The van der Waals surface area contributed by atoms with E-state index in [2.05, 4.69) is 24.1 Å². The van der Waals surface area contributed by atoms with Crippen LogP contribution in [0.3, 0.4) is 0 Å². The number of hydrogen-bond acceptors (Lipinski definition) is 3. The van der Waals surface area contributed by atoms with Crippen LogP contribution < -0.4 is 10.2 Å². The smallest absolute Gasteiger partial charge is 0.242 e. The van der Waals surface area contributed by atoms with Crippen LogP contribution in [0.4, 0.5) is 10.1 Å². The van der Waals surface area contributed by atoms with E-state index in [-0.39, 0.29) is 41.8 Å². The molecule has 0 bridgehead atoms. The van der Waals surface area contributed by atoms with Crippen molar-refractivity contribution in [3.63, 3.8) is 0 Å². The van der Waals surface area contributed by atoms with Crippen LogP contribution in [0, 0.1) is 5.82 Å². The quantitative estimate of drug-likeness (QED) is 0.913. The highest BCUT2D eigenvalue weighted by Gasteiger charge is 2.50. The standard InChI is InChI=1S/C19H26FN3O2/c1-13(24)21-12-18(25)22-9-5-8-16-17(22)11-19(2,3)23(16)15-7-4-6-14(20)10-15/h4,6-7,10,16-17H,5,8-9,11-12H2,1-3H3,(H,21,24)/t16-,17-/m0/s1. The van der Waals surface area contributed by atoms with Gasteiger partial charge in [-0.3, -0.25) is 9.59 Å². The average Bonchev–Trinajstić information content (AvgIpc) is 2.82. The maximum Gasteiger partial charge on any atom is 0.242 e. The molecule has 2 fully saturated rings.